The Labute approximate surface area is 133 Å². The number of nitro groups is 1. The Morgan fingerprint density at radius 3 is 2.87 bits per heavy atom. The molecule has 118 valence electrons. The predicted molar refractivity (Wildman–Crippen MR) is 86.0 cm³/mol. The topological polar surface area (TPSA) is 73.0 Å². The highest BCUT2D eigenvalue weighted by Crippen LogP contribution is 2.29. The fourth-order valence-electron chi connectivity index (χ4n) is 2.62. The molecule has 0 radical (unpaired) electrons. The molecule has 0 amide bonds. The van der Waals surface area contributed by atoms with Crippen molar-refractivity contribution < 1.29 is 13.9 Å². The minimum Gasteiger partial charge on any atom is -0.436 e. The molecule has 1 aromatic carbocycles. The van der Waals surface area contributed by atoms with E-state index in [1.54, 1.807) is 6.07 Å². The molecule has 0 aliphatic rings. The van der Waals surface area contributed by atoms with E-state index < -0.39 is 4.92 Å². The summed E-state index contributed by atoms with van der Waals surface area (Å²) in [5.41, 5.74) is 2.85. The summed E-state index contributed by atoms with van der Waals surface area (Å²) in [4.78, 5) is 15.1. The Hall–Kier alpha value is -2.76. The lowest BCUT2D eigenvalue weighted by Crippen LogP contribution is -2.32. The normalized spacial score (nSPS) is 11.0. The molecular weight excluding hydrogens is 294 g/mol. The summed E-state index contributed by atoms with van der Waals surface area (Å²) >= 11 is 0. The van der Waals surface area contributed by atoms with Gasteiger partial charge >= 0.3 is 0 Å². The van der Waals surface area contributed by atoms with Crippen molar-refractivity contribution in [3.05, 3.63) is 52.3 Å². The fourth-order valence-corrected chi connectivity index (χ4v) is 2.62. The van der Waals surface area contributed by atoms with Crippen LogP contribution in [0.5, 0.6) is 0 Å². The summed E-state index contributed by atoms with van der Waals surface area (Å²) in [6, 6.07) is 6.89. The molecule has 3 rings (SSSR count). The average molecular weight is 312 g/mol. The summed E-state index contributed by atoms with van der Waals surface area (Å²) in [6.45, 7) is 4.98. The van der Waals surface area contributed by atoms with Gasteiger partial charge in [0.1, 0.15) is 17.6 Å². The molecular formula is C17H18N3O3+. The highest BCUT2D eigenvalue weighted by molar-refractivity contribution is 5.81. The van der Waals surface area contributed by atoms with Crippen molar-refractivity contribution in [1.82, 2.24) is 4.98 Å². The molecule has 2 heterocycles. The number of aryl methyl sites for hydroxylation is 2. The maximum atomic E-state index is 11.0. The van der Waals surface area contributed by atoms with Gasteiger partial charge in [-0.2, -0.15) is 0 Å². The summed E-state index contributed by atoms with van der Waals surface area (Å²) in [6.07, 6.45) is 5.66. The maximum absolute atomic E-state index is 11.0. The molecule has 0 aliphatic carbocycles. The highest BCUT2D eigenvalue weighted by atomic mass is 16.6. The predicted octanol–water partition coefficient (Wildman–Crippen LogP) is 3.66. The third-order valence-corrected chi connectivity index (χ3v) is 3.73. The molecule has 0 saturated carbocycles. The molecule has 6 nitrogen and oxygen atoms in total. The van der Waals surface area contributed by atoms with E-state index in [9.17, 15) is 10.1 Å². The number of fused-ring (bicyclic) bond motifs is 1. The van der Waals surface area contributed by atoms with Crippen LogP contribution in [-0.2, 0) is 13.0 Å². The Morgan fingerprint density at radius 2 is 2.17 bits per heavy atom. The average Bonchev–Trinajstić information content (AvgIpc) is 2.98. The molecule has 6 heteroatoms. The van der Waals surface area contributed by atoms with Gasteiger partial charge in [0.2, 0.25) is 5.89 Å². The number of nitrogens with zero attached hydrogens (tertiary/aromatic N) is 3. The lowest BCUT2D eigenvalue weighted by Gasteiger charge is -1.97. The molecule has 0 saturated heterocycles. The molecule has 3 aromatic rings. The minimum absolute atomic E-state index is 0.0447. The van der Waals surface area contributed by atoms with Crippen molar-refractivity contribution in [3.8, 4) is 11.5 Å². The van der Waals surface area contributed by atoms with Crippen molar-refractivity contribution in [2.45, 2.75) is 33.2 Å². The summed E-state index contributed by atoms with van der Waals surface area (Å²) in [5.74, 6) is 0.487. The summed E-state index contributed by atoms with van der Waals surface area (Å²) in [5, 5.41) is 11.0. The monoisotopic (exact) mass is 312 g/mol. The Bertz CT molecular complexity index is 871. The third-order valence-electron chi connectivity index (χ3n) is 3.73. The highest BCUT2D eigenvalue weighted by Gasteiger charge is 2.18. The van der Waals surface area contributed by atoms with Crippen molar-refractivity contribution >= 4 is 16.8 Å². The minimum atomic E-state index is -0.398. The maximum Gasteiger partial charge on any atom is 0.272 e. The van der Waals surface area contributed by atoms with Gasteiger partial charge in [0.15, 0.2) is 18.0 Å². The fraction of sp³-hybridized carbons (Fsp3) is 0.294. The van der Waals surface area contributed by atoms with Crippen molar-refractivity contribution in [3.63, 3.8) is 0 Å². The first-order valence-electron chi connectivity index (χ1n) is 7.69. The quantitative estimate of drug-likeness (QED) is 0.409. The Kier molecular flexibility index (Phi) is 4.06. The molecule has 0 N–H and O–H groups in total. The van der Waals surface area contributed by atoms with Gasteiger partial charge in [-0.15, -0.1) is 0 Å². The second-order valence-electron chi connectivity index (χ2n) is 5.41. The number of hydrogen-bond donors (Lipinski definition) is 0. The Morgan fingerprint density at radius 1 is 1.35 bits per heavy atom. The first-order valence-corrected chi connectivity index (χ1v) is 7.69. The van der Waals surface area contributed by atoms with Gasteiger partial charge in [0, 0.05) is 30.2 Å². The first-order chi connectivity index (χ1) is 11.1. The van der Waals surface area contributed by atoms with Crippen LogP contribution < -0.4 is 4.57 Å². The second-order valence-corrected chi connectivity index (χ2v) is 5.41. The Balaban J connectivity index is 2.12. The second kappa shape index (κ2) is 6.16. The van der Waals surface area contributed by atoms with Gasteiger partial charge in [-0.1, -0.05) is 13.8 Å². The standard InChI is InChI=1S/C17H18N3O3/c1-3-7-19-8-5-6-13(11-19)17-18-15-10-14(20(21)22)9-12(4-2)16(15)23-17/h5-6,8-11H,3-4,7H2,1-2H3/q+1. The SMILES string of the molecule is CCC[n+]1cccc(-c2nc3cc([N+](=O)[O-])cc(CC)c3o2)c1. The van der Waals surface area contributed by atoms with Gasteiger partial charge in [0.05, 0.1) is 4.92 Å². The van der Waals surface area contributed by atoms with E-state index in [1.165, 1.54) is 6.07 Å². The van der Waals surface area contributed by atoms with Crippen LogP contribution in [0.2, 0.25) is 0 Å². The number of nitro benzene ring substituents is 1. The van der Waals surface area contributed by atoms with Crippen LogP contribution in [0.1, 0.15) is 25.8 Å². The molecule has 0 aliphatic heterocycles. The third kappa shape index (κ3) is 2.92. The van der Waals surface area contributed by atoms with Crippen molar-refractivity contribution in [1.29, 1.82) is 0 Å². The largest absolute Gasteiger partial charge is 0.436 e. The van der Waals surface area contributed by atoms with Crippen molar-refractivity contribution in [2.75, 3.05) is 0 Å². The number of pyridine rings is 1. The van der Waals surface area contributed by atoms with E-state index >= 15 is 0 Å². The van der Waals surface area contributed by atoms with Gasteiger partial charge in [-0.25, -0.2) is 9.55 Å². The number of benzene rings is 1. The van der Waals surface area contributed by atoms with Gasteiger partial charge in [-0.05, 0) is 12.5 Å². The van der Waals surface area contributed by atoms with E-state index in [1.807, 2.05) is 31.5 Å². The van der Waals surface area contributed by atoms with Crippen molar-refractivity contribution in [2.24, 2.45) is 0 Å². The first kappa shape index (κ1) is 15.1. The van der Waals surface area contributed by atoms with Gasteiger partial charge in [-0.3, -0.25) is 10.1 Å². The molecule has 0 fully saturated rings. The molecule has 2 aromatic heterocycles. The van der Waals surface area contributed by atoms with Gasteiger partial charge < -0.3 is 4.42 Å². The van der Waals surface area contributed by atoms with E-state index in [0.717, 1.165) is 24.1 Å². The van der Waals surface area contributed by atoms with E-state index in [2.05, 4.69) is 16.5 Å². The van der Waals surface area contributed by atoms with Crippen LogP contribution in [-0.4, -0.2) is 9.91 Å². The zero-order valence-electron chi connectivity index (χ0n) is 13.2. The lowest BCUT2D eigenvalue weighted by molar-refractivity contribution is -0.696. The van der Waals surface area contributed by atoms with Crippen LogP contribution in [0.15, 0.2) is 41.1 Å². The number of rotatable bonds is 5. The van der Waals surface area contributed by atoms with Gasteiger partial charge in [0.25, 0.3) is 5.69 Å². The smallest absolute Gasteiger partial charge is 0.272 e. The molecule has 23 heavy (non-hydrogen) atoms. The molecule has 0 bridgehead atoms. The lowest BCUT2D eigenvalue weighted by atomic mass is 10.1. The van der Waals surface area contributed by atoms with E-state index in [4.69, 9.17) is 4.42 Å². The molecule has 0 unspecified atom stereocenters. The number of hydrogen-bond acceptors (Lipinski definition) is 4. The summed E-state index contributed by atoms with van der Waals surface area (Å²) < 4.78 is 7.97. The van der Waals surface area contributed by atoms with E-state index in [-0.39, 0.29) is 5.69 Å². The van der Waals surface area contributed by atoms with Crippen LogP contribution in [0.3, 0.4) is 0 Å². The van der Waals surface area contributed by atoms with Crippen LogP contribution >= 0.6 is 0 Å². The number of aromatic nitrogens is 2. The summed E-state index contributed by atoms with van der Waals surface area (Å²) in [7, 11) is 0. The van der Waals surface area contributed by atoms with E-state index in [0.29, 0.717) is 23.4 Å². The van der Waals surface area contributed by atoms with Crippen LogP contribution in [0.25, 0.3) is 22.6 Å². The molecule has 0 spiro atoms. The van der Waals surface area contributed by atoms with Crippen LogP contribution in [0, 0.1) is 10.1 Å². The van der Waals surface area contributed by atoms with Crippen LogP contribution in [0.4, 0.5) is 5.69 Å². The zero-order valence-corrected chi connectivity index (χ0v) is 13.2. The number of non-ortho nitro benzene ring substituents is 1. The zero-order chi connectivity index (χ0) is 16.4. The molecule has 0 atom stereocenters. The number of oxazole rings is 1.